The minimum atomic E-state index is -0.516. The van der Waals surface area contributed by atoms with E-state index in [4.69, 9.17) is 10.5 Å². The Bertz CT molecular complexity index is 1320. The topological polar surface area (TPSA) is 103 Å². The zero-order valence-electron chi connectivity index (χ0n) is 19.9. The van der Waals surface area contributed by atoms with E-state index < -0.39 is 5.92 Å². The summed E-state index contributed by atoms with van der Waals surface area (Å²) in [7, 11) is 0. The molecule has 6 nitrogen and oxygen atoms in total. The van der Waals surface area contributed by atoms with Crippen LogP contribution in [0.25, 0.3) is 0 Å². The lowest BCUT2D eigenvalue weighted by Gasteiger charge is -2.39. The van der Waals surface area contributed by atoms with Gasteiger partial charge < -0.3 is 10.5 Å². The molecule has 1 aromatic carbocycles. The van der Waals surface area contributed by atoms with E-state index in [1.54, 1.807) is 11.3 Å². The predicted octanol–water partition coefficient (Wildman–Crippen LogP) is 5.59. The van der Waals surface area contributed by atoms with Gasteiger partial charge in [0.1, 0.15) is 22.6 Å². The smallest absolute Gasteiger partial charge is 0.161 e. The average Bonchev–Trinajstić information content (AvgIpc) is 3.04. The number of rotatable bonds is 4. The molecule has 3 aliphatic rings. The minimum Gasteiger partial charge on any atom is -0.494 e. The first kappa shape index (κ1) is 23.2. The molecule has 7 heteroatoms. The Morgan fingerprint density at radius 1 is 1.06 bits per heavy atom. The Morgan fingerprint density at radius 2 is 1.83 bits per heavy atom. The largest absolute Gasteiger partial charge is 0.494 e. The summed E-state index contributed by atoms with van der Waals surface area (Å²) in [5.41, 5.74) is 11.2. The van der Waals surface area contributed by atoms with Crippen molar-refractivity contribution in [2.75, 3.05) is 11.5 Å². The van der Waals surface area contributed by atoms with Crippen molar-refractivity contribution in [3.05, 3.63) is 68.5 Å². The molecule has 0 radical (unpaired) electrons. The van der Waals surface area contributed by atoms with Crippen molar-refractivity contribution in [2.24, 2.45) is 5.73 Å². The minimum absolute atomic E-state index is 0.0482. The van der Waals surface area contributed by atoms with Gasteiger partial charge in [-0.15, -0.1) is 11.3 Å². The van der Waals surface area contributed by atoms with Gasteiger partial charge in [0.15, 0.2) is 5.78 Å². The number of thiophene rings is 1. The third kappa shape index (κ3) is 3.90. The maximum atomic E-state index is 13.4. The molecule has 1 aliphatic heterocycles. The Balaban J connectivity index is 1.69. The molecular weight excluding hydrogens is 456 g/mol. The Kier molecular flexibility index (Phi) is 6.36. The molecule has 178 valence electrons. The number of carbonyl (C=O) groups is 1. The van der Waals surface area contributed by atoms with Crippen molar-refractivity contribution < 1.29 is 9.53 Å². The van der Waals surface area contributed by atoms with E-state index in [0.717, 1.165) is 59.7 Å². The average molecular weight is 485 g/mol. The molecule has 0 saturated carbocycles. The maximum absolute atomic E-state index is 13.4. The SMILES string of the molecule is CCOc1ccc(C2C(C#N)=C(N)N(c3sc4c(c3C#N)CCCCC4)C3=C2C(=O)CCC3)cc1. The van der Waals surface area contributed by atoms with Gasteiger partial charge in [0, 0.05) is 22.6 Å². The lowest BCUT2D eigenvalue weighted by atomic mass is 9.75. The molecule has 5 rings (SSSR count). The summed E-state index contributed by atoms with van der Waals surface area (Å²) in [4.78, 5) is 16.5. The van der Waals surface area contributed by atoms with Gasteiger partial charge in [-0.25, -0.2) is 0 Å². The summed E-state index contributed by atoms with van der Waals surface area (Å²) in [6.45, 7) is 2.49. The van der Waals surface area contributed by atoms with Crippen LogP contribution in [0.3, 0.4) is 0 Å². The van der Waals surface area contributed by atoms with Crippen LogP contribution in [0.1, 0.15) is 72.9 Å². The number of fused-ring (bicyclic) bond motifs is 1. The van der Waals surface area contributed by atoms with Crippen LogP contribution in [0.2, 0.25) is 0 Å². The Labute approximate surface area is 209 Å². The molecular formula is C28H28N4O2S. The molecule has 0 saturated heterocycles. The van der Waals surface area contributed by atoms with E-state index >= 15 is 0 Å². The summed E-state index contributed by atoms with van der Waals surface area (Å²) in [6, 6.07) is 12.3. The number of nitrogens with two attached hydrogens (primary N) is 1. The van der Waals surface area contributed by atoms with Crippen molar-refractivity contribution in [1.29, 1.82) is 10.5 Å². The second-order valence-electron chi connectivity index (χ2n) is 9.17. The quantitative estimate of drug-likeness (QED) is 0.567. The standard InChI is InChI=1S/C28H28N4O2S/c1-2-34-18-13-11-17(12-14-18)25-21(16-30)27(31)32(22-8-6-9-23(33)26(22)25)28-20(15-29)19-7-4-3-5-10-24(19)35-28/h11-14,25H,2-10,31H2,1H3. The number of hydrogen-bond acceptors (Lipinski definition) is 7. The highest BCUT2D eigenvalue weighted by molar-refractivity contribution is 7.16. The third-order valence-electron chi connectivity index (χ3n) is 7.16. The van der Waals surface area contributed by atoms with Crippen LogP contribution >= 0.6 is 11.3 Å². The maximum Gasteiger partial charge on any atom is 0.161 e. The van der Waals surface area contributed by atoms with E-state index in [1.807, 2.05) is 36.1 Å². The molecule has 0 fully saturated rings. The first-order valence-electron chi connectivity index (χ1n) is 12.3. The molecule has 0 bridgehead atoms. The monoisotopic (exact) mass is 484 g/mol. The number of nitrogens with zero attached hydrogens (tertiary/aromatic N) is 3. The van der Waals surface area contributed by atoms with E-state index in [2.05, 4.69) is 12.1 Å². The van der Waals surface area contributed by atoms with Gasteiger partial charge in [0.25, 0.3) is 0 Å². The molecule has 2 aliphatic carbocycles. The molecule has 1 aromatic heterocycles. The van der Waals surface area contributed by atoms with Crippen molar-refractivity contribution in [2.45, 2.75) is 64.2 Å². The van der Waals surface area contributed by atoms with Gasteiger partial charge in [-0.2, -0.15) is 10.5 Å². The van der Waals surface area contributed by atoms with Gasteiger partial charge in [-0.1, -0.05) is 18.6 Å². The third-order valence-corrected chi connectivity index (χ3v) is 8.43. The van der Waals surface area contributed by atoms with Crippen LogP contribution < -0.4 is 15.4 Å². The van der Waals surface area contributed by atoms with Crippen LogP contribution in [-0.4, -0.2) is 12.4 Å². The number of ketones is 1. The highest BCUT2D eigenvalue weighted by Crippen LogP contribution is 2.50. The summed E-state index contributed by atoms with van der Waals surface area (Å²) < 4.78 is 5.58. The van der Waals surface area contributed by atoms with Crippen LogP contribution in [0.15, 0.2) is 46.9 Å². The van der Waals surface area contributed by atoms with E-state index in [0.29, 0.717) is 42.0 Å². The molecule has 2 N–H and O–H groups in total. The van der Waals surface area contributed by atoms with Gasteiger partial charge in [0.2, 0.25) is 0 Å². The fraction of sp³-hybridized carbons (Fsp3) is 0.393. The summed E-state index contributed by atoms with van der Waals surface area (Å²) in [6.07, 6.45) is 7.05. The van der Waals surface area contributed by atoms with E-state index in [9.17, 15) is 15.3 Å². The molecule has 1 atom stereocenters. The zero-order chi connectivity index (χ0) is 24.5. The lowest BCUT2D eigenvalue weighted by Crippen LogP contribution is -2.38. The van der Waals surface area contributed by atoms with Crippen molar-refractivity contribution in [3.8, 4) is 17.9 Å². The first-order chi connectivity index (χ1) is 17.1. The van der Waals surface area contributed by atoms with Crippen LogP contribution in [0, 0.1) is 22.7 Å². The Morgan fingerprint density at radius 3 is 2.54 bits per heavy atom. The zero-order valence-corrected chi connectivity index (χ0v) is 20.7. The fourth-order valence-electron chi connectivity index (χ4n) is 5.58. The first-order valence-corrected chi connectivity index (χ1v) is 13.1. The summed E-state index contributed by atoms with van der Waals surface area (Å²) >= 11 is 1.60. The van der Waals surface area contributed by atoms with E-state index in [1.165, 1.54) is 11.3 Å². The number of hydrogen-bond donors (Lipinski definition) is 1. The number of nitriles is 2. The highest BCUT2D eigenvalue weighted by Gasteiger charge is 2.41. The predicted molar refractivity (Wildman–Crippen MR) is 136 cm³/mol. The normalized spacial score (nSPS) is 20.0. The van der Waals surface area contributed by atoms with Crippen LogP contribution in [0.5, 0.6) is 5.75 Å². The molecule has 0 amide bonds. The van der Waals surface area contributed by atoms with Crippen molar-refractivity contribution >= 4 is 22.1 Å². The number of ether oxygens (including phenoxy) is 1. The molecule has 1 unspecified atom stereocenters. The number of aryl methyl sites for hydroxylation is 1. The molecule has 35 heavy (non-hydrogen) atoms. The van der Waals surface area contributed by atoms with Crippen molar-refractivity contribution in [1.82, 2.24) is 0 Å². The van der Waals surface area contributed by atoms with Gasteiger partial charge in [-0.3, -0.25) is 9.69 Å². The molecule has 2 heterocycles. The van der Waals surface area contributed by atoms with Gasteiger partial charge >= 0.3 is 0 Å². The van der Waals surface area contributed by atoms with Gasteiger partial charge in [-0.05, 0) is 68.7 Å². The highest BCUT2D eigenvalue weighted by atomic mass is 32.1. The number of Topliss-reactive ketones (excluding diaryl/α,β-unsaturated/α-hetero) is 1. The second kappa shape index (κ2) is 9.60. The van der Waals surface area contributed by atoms with Gasteiger partial charge in [0.05, 0.1) is 29.7 Å². The van der Waals surface area contributed by atoms with Crippen LogP contribution in [0.4, 0.5) is 5.00 Å². The summed E-state index contributed by atoms with van der Waals surface area (Å²) in [5, 5.41) is 21.2. The van der Waals surface area contributed by atoms with E-state index in [-0.39, 0.29) is 5.78 Å². The number of benzene rings is 1. The summed E-state index contributed by atoms with van der Waals surface area (Å²) in [5.74, 6) is 0.602. The molecule has 0 spiro atoms. The Hall–Kier alpha value is -3.55. The number of carbonyl (C=O) groups excluding carboxylic acids is 1. The number of allylic oxidation sites excluding steroid dienone is 3. The second-order valence-corrected chi connectivity index (χ2v) is 10.3. The fourth-order valence-corrected chi connectivity index (χ4v) is 6.95. The lowest BCUT2D eigenvalue weighted by molar-refractivity contribution is -0.116. The molecule has 2 aromatic rings. The van der Waals surface area contributed by atoms with Crippen molar-refractivity contribution in [3.63, 3.8) is 0 Å². The van der Waals surface area contributed by atoms with Crippen LogP contribution in [-0.2, 0) is 17.6 Å². The number of anilines is 1.